The van der Waals surface area contributed by atoms with Crippen LogP contribution in [0.25, 0.3) is 0 Å². The van der Waals surface area contributed by atoms with E-state index in [-0.39, 0.29) is 17.6 Å². The van der Waals surface area contributed by atoms with Gasteiger partial charge in [-0.05, 0) is 25.1 Å². The Labute approximate surface area is 133 Å². The third-order valence-corrected chi connectivity index (χ3v) is 3.91. The summed E-state index contributed by atoms with van der Waals surface area (Å²) in [4.78, 5) is 27.9. The summed E-state index contributed by atoms with van der Waals surface area (Å²) in [6, 6.07) is 6.87. The Bertz CT molecular complexity index is 669. The largest absolute Gasteiger partial charge is 0.352 e. The molecule has 2 aromatic rings. The van der Waals surface area contributed by atoms with Gasteiger partial charge >= 0.3 is 0 Å². The van der Waals surface area contributed by atoms with E-state index in [2.05, 4.69) is 15.6 Å². The van der Waals surface area contributed by atoms with E-state index >= 15 is 0 Å². The number of hydrogen-bond donors (Lipinski definition) is 2. The fourth-order valence-corrected chi connectivity index (χ4v) is 2.55. The fraction of sp³-hybridized carbons (Fsp3) is 0.267. The number of imidazole rings is 1. The monoisotopic (exact) mass is 318 g/mol. The van der Waals surface area contributed by atoms with Crippen molar-refractivity contribution >= 4 is 29.3 Å². The van der Waals surface area contributed by atoms with Crippen molar-refractivity contribution in [1.82, 2.24) is 14.9 Å². The van der Waals surface area contributed by atoms with Gasteiger partial charge in [0.15, 0.2) is 5.16 Å². The minimum atomic E-state index is -0.152. The Hall–Kier alpha value is -2.28. The summed E-state index contributed by atoms with van der Waals surface area (Å²) < 4.78 is 1.85. The summed E-state index contributed by atoms with van der Waals surface area (Å²) in [5.74, 6) is -0.0296. The molecule has 2 rings (SSSR count). The number of nitrogens with one attached hydrogen (secondary N) is 2. The van der Waals surface area contributed by atoms with Gasteiger partial charge in [-0.25, -0.2) is 4.98 Å². The van der Waals surface area contributed by atoms with Crippen molar-refractivity contribution in [3.8, 4) is 0 Å². The van der Waals surface area contributed by atoms with E-state index in [1.165, 1.54) is 11.8 Å². The zero-order valence-corrected chi connectivity index (χ0v) is 13.3. The third-order valence-electron chi connectivity index (χ3n) is 2.86. The summed E-state index contributed by atoms with van der Waals surface area (Å²) in [5.41, 5.74) is 1.13. The number of carbonyl (C=O) groups is 2. The molecule has 1 aromatic carbocycles. The van der Waals surface area contributed by atoms with E-state index < -0.39 is 0 Å². The molecular formula is C15H18N4O2S. The molecule has 0 spiro atoms. The maximum absolute atomic E-state index is 12.0. The molecule has 0 atom stereocenters. The zero-order valence-electron chi connectivity index (χ0n) is 12.5. The van der Waals surface area contributed by atoms with Gasteiger partial charge in [-0.3, -0.25) is 9.59 Å². The Kier molecular flexibility index (Phi) is 5.60. The number of carbonyl (C=O) groups excluding carboxylic acids is 2. The van der Waals surface area contributed by atoms with Gasteiger partial charge in [0.1, 0.15) is 0 Å². The highest BCUT2D eigenvalue weighted by Crippen LogP contribution is 2.16. The first-order valence-corrected chi connectivity index (χ1v) is 7.87. The van der Waals surface area contributed by atoms with Gasteiger partial charge in [-0.15, -0.1) is 0 Å². The lowest BCUT2D eigenvalue weighted by atomic mass is 10.2. The SMILES string of the molecule is CCNC(=O)c1cccc(NC(=O)CSc2nccn2C)c1. The standard InChI is InChI=1S/C15H18N4O2S/c1-3-16-14(21)11-5-4-6-12(9-11)18-13(20)10-22-15-17-7-8-19(15)2/h4-9H,3,10H2,1-2H3,(H,16,21)(H,18,20). The number of thioether (sulfide) groups is 1. The molecule has 6 nitrogen and oxygen atoms in total. The highest BCUT2D eigenvalue weighted by atomic mass is 32.2. The first-order chi connectivity index (χ1) is 10.6. The second kappa shape index (κ2) is 7.65. The topological polar surface area (TPSA) is 76.0 Å². The van der Waals surface area contributed by atoms with E-state index in [1.54, 1.807) is 30.5 Å². The lowest BCUT2D eigenvalue weighted by Gasteiger charge is -2.07. The predicted octanol–water partition coefficient (Wildman–Crippen LogP) is 1.90. The highest BCUT2D eigenvalue weighted by molar-refractivity contribution is 7.99. The van der Waals surface area contributed by atoms with Crippen LogP contribution in [-0.2, 0) is 11.8 Å². The first kappa shape index (κ1) is 16.1. The number of nitrogens with zero attached hydrogens (tertiary/aromatic N) is 2. The molecule has 0 saturated carbocycles. The van der Waals surface area contributed by atoms with Crippen LogP contribution in [0.5, 0.6) is 0 Å². The lowest BCUT2D eigenvalue weighted by Crippen LogP contribution is -2.23. The summed E-state index contributed by atoms with van der Waals surface area (Å²) >= 11 is 1.36. The maximum Gasteiger partial charge on any atom is 0.251 e. The molecule has 0 fully saturated rings. The van der Waals surface area contributed by atoms with E-state index in [0.29, 0.717) is 17.8 Å². The van der Waals surface area contributed by atoms with Crippen molar-refractivity contribution in [2.24, 2.45) is 7.05 Å². The van der Waals surface area contributed by atoms with Crippen LogP contribution >= 0.6 is 11.8 Å². The molecule has 0 saturated heterocycles. The maximum atomic E-state index is 12.0. The van der Waals surface area contributed by atoms with Crippen LogP contribution in [0, 0.1) is 0 Å². The quantitative estimate of drug-likeness (QED) is 0.798. The first-order valence-electron chi connectivity index (χ1n) is 6.88. The van der Waals surface area contributed by atoms with Gasteiger partial charge < -0.3 is 15.2 Å². The lowest BCUT2D eigenvalue weighted by molar-refractivity contribution is -0.113. The molecule has 0 radical (unpaired) electrons. The number of rotatable bonds is 6. The Morgan fingerprint density at radius 3 is 2.86 bits per heavy atom. The van der Waals surface area contributed by atoms with E-state index in [4.69, 9.17) is 0 Å². The Balaban J connectivity index is 1.92. The average molecular weight is 318 g/mol. The third kappa shape index (κ3) is 4.36. The van der Waals surface area contributed by atoms with Crippen LogP contribution in [0.2, 0.25) is 0 Å². The molecule has 7 heteroatoms. The van der Waals surface area contributed by atoms with Gasteiger partial charge in [0.2, 0.25) is 5.91 Å². The average Bonchev–Trinajstić information content (AvgIpc) is 2.91. The second-order valence-corrected chi connectivity index (χ2v) is 5.54. The molecule has 2 N–H and O–H groups in total. The van der Waals surface area contributed by atoms with E-state index in [0.717, 1.165) is 5.16 Å². The van der Waals surface area contributed by atoms with Gasteiger partial charge in [-0.1, -0.05) is 17.8 Å². The van der Waals surface area contributed by atoms with Crippen LogP contribution in [0.1, 0.15) is 17.3 Å². The van der Waals surface area contributed by atoms with Crippen LogP contribution in [0.15, 0.2) is 41.8 Å². The van der Waals surface area contributed by atoms with Crippen molar-refractivity contribution in [2.45, 2.75) is 12.1 Å². The fourth-order valence-electron chi connectivity index (χ4n) is 1.82. The van der Waals surface area contributed by atoms with Crippen molar-refractivity contribution in [3.05, 3.63) is 42.2 Å². The van der Waals surface area contributed by atoms with Crippen molar-refractivity contribution < 1.29 is 9.59 Å². The van der Waals surface area contributed by atoms with Crippen LogP contribution < -0.4 is 10.6 Å². The Morgan fingerprint density at radius 2 is 2.18 bits per heavy atom. The minimum Gasteiger partial charge on any atom is -0.352 e. The van der Waals surface area contributed by atoms with Crippen molar-refractivity contribution in [3.63, 3.8) is 0 Å². The normalized spacial score (nSPS) is 10.3. The molecule has 116 valence electrons. The van der Waals surface area contributed by atoms with Crippen molar-refractivity contribution in [1.29, 1.82) is 0 Å². The van der Waals surface area contributed by atoms with Gasteiger partial charge in [-0.2, -0.15) is 0 Å². The number of amides is 2. The number of anilines is 1. The molecule has 0 bridgehead atoms. The summed E-state index contributed by atoms with van der Waals surface area (Å²) in [6.07, 6.45) is 3.52. The number of hydrogen-bond acceptors (Lipinski definition) is 4. The second-order valence-electron chi connectivity index (χ2n) is 4.60. The zero-order chi connectivity index (χ0) is 15.9. The smallest absolute Gasteiger partial charge is 0.251 e. The van der Waals surface area contributed by atoms with E-state index in [9.17, 15) is 9.59 Å². The van der Waals surface area contributed by atoms with E-state index in [1.807, 2.05) is 24.7 Å². The minimum absolute atomic E-state index is 0.138. The van der Waals surface area contributed by atoms with Gasteiger partial charge in [0.25, 0.3) is 5.91 Å². The predicted molar refractivity (Wildman–Crippen MR) is 87.0 cm³/mol. The van der Waals surface area contributed by atoms with Crippen LogP contribution in [0.3, 0.4) is 0 Å². The van der Waals surface area contributed by atoms with Crippen LogP contribution in [0.4, 0.5) is 5.69 Å². The molecule has 1 aromatic heterocycles. The number of aromatic nitrogens is 2. The molecule has 0 aliphatic heterocycles. The number of benzene rings is 1. The van der Waals surface area contributed by atoms with Crippen LogP contribution in [-0.4, -0.2) is 33.7 Å². The van der Waals surface area contributed by atoms with Crippen molar-refractivity contribution in [2.75, 3.05) is 17.6 Å². The molecule has 1 heterocycles. The highest BCUT2D eigenvalue weighted by Gasteiger charge is 2.09. The molecular weight excluding hydrogens is 300 g/mol. The summed E-state index contributed by atoms with van der Waals surface area (Å²) in [5, 5.41) is 6.29. The molecule has 22 heavy (non-hydrogen) atoms. The number of aryl methyl sites for hydroxylation is 1. The van der Waals surface area contributed by atoms with Gasteiger partial charge in [0, 0.05) is 37.2 Å². The summed E-state index contributed by atoms with van der Waals surface area (Å²) in [6.45, 7) is 2.42. The Morgan fingerprint density at radius 1 is 1.36 bits per heavy atom. The van der Waals surface area contributed by atoms with Gasteiger partial charge in [0.05, 0.1) is 5.75 Å². The molecule has 0 aliphatic rings. The summed E-state index contributed by atoms with van der Waals surface area (Å²) in [7, 11) is 1.88. The molecule has 2 amide bonds. The molecule has 0 unspecified atom stereocenters. The molecule has 0 aliphatic carbocycles.